The number of aromatic nitrogens is 6. The molecule has 1 aliphatic heterocycles. The first kappa shape index (κ1) is 21.4. The largest absolute Gasteiger partial charge is 0.372 e. The fourth-order valence-corrected chi connectivity index (χ4v) is 4.66. The number of hydrogen-bond donors (Lipinski definition) is 1. The molecule has 1 aromatic carbocycles. The van der Waals surface area contributed by atoms with Crippen molar-refractivity contribution < 1.29 is 0 Å². The molecule has 1 atom stereocenters. The van der Waals surface area contributed by atoms with E-state index in [9.17, 15) is 0 Å². The van der Waals surface area contributed by atoms with Crippen molar-refractivity contribution in [1.82, 2.24) is 29.9 Å². The Labute approximate surface area is 194 Å². The van der Waals surface area contributed by atoms with E-state index >= 15 is 0 Å². The summed E-state index contributed by atoms with van der Waals surface area (Å²) >= 11 is 0. The van der Waals surface area contributed by atoms with Crippen LogP contribution in [0.4, 0.5) is 5.69 Å². The molecule has 1 unspecified atom stereocenters. The van der Waals surface area contributed by atoms with Gasteiger partial charge in [0.25, 0.3) is 0 Å². The third kappa shape index (κ3) is 4.40. The SMILES string of the molecule is Cc1n[nH]c(C)c1Cc1nc(-c2ccc(N3CCCCC3)cc2)nn1C(C)c1ccncc1. The summed E-state index contributed by atoms with van der Waals surface area (Å²) in [5, 5.41) is 12.4. The van der Waals surface area contributed by atoms with Gasteiger partial charge in [0.1, 0.15) is 5.82 Å². The van der Waals surface area contributed by atoms with Crippen molar-refractivity contribution in [3.8, 4) is 11.4 Å². The Morgan fingerprint density at radius 2 is 1.70 bits per heavy atom. The first-order valence-electron chi connectivity index (χ1n) is 11.8. The van der Waals surface area contributed by atoms with E-state index in [1.54, 1.807) is 0 Å². The molecular weight excluding hydrogens is 410 g/mol. The second-order valence-corrected chi connectivity index (χ2v) is 8.94. The third-order valence-corrected chi connectivity index (χ3v) is 6.72. The van der Waals surface area contributed by atoms with Gasteiger partial charge in [-0.1, -0.05) is 0 Å². The van der Waals surface area contributed by atoms with Gasteiger partial charge in [-0.05, 0) is 82.0 Å². The molecule has 1 aliphatic rings. The molecule has 7 nitrogen and oxygen atoms in total. The van der Waals surface area contributed by atoms with Crippen LogP contribution in [-0.4, -0.2) is 43.0 Å². The monoisotopic (exact) mass is 441 g/mol. The van der Waals surface area contributed by atoms with E-state index in [0.29, 0.717) is 6.42 Å². The maximum Gasteiger partial charge on any atom is 0.181 e. The maximum atomic E-state index is 5.01. The minimum Gasteiger partial charge on any atom is -0.372 e. The molecule has 4 heterocycles. The van der Waals surface area contributed by atoms with Gasteiger partial charge in [0.05, 0.1) is 11.7 Å². The summed E-state index contributed by atoms with van der Waals surface area (Å²) in [6.07, 6.45) is 8.22. The zero-order valence-electron chi connectivity index (χ0n) is 19.6. The van der Waals surface area contributed by atoms with E-state index in [2.05, 4.69) is 62.9 Å². The summed E-state index contributed by atoms with van der Waals surface area (Å²) in [5.74, 6) is 1.69. The van der Waals surface area contributed by atoms with E-state index in [1.807, 2.05) is 31.5 Å². The molecule has 1 N–H and O–H groups in total. The number of rotatable bonds is 6. The smallest absolute Gasteiger partial charge is 0.181 e. The number of benzene rings is 1. The van der Waals surface area contributed by atoms with Crippen LogP contribution in [-0.2, 0) is 6.42 Å². The van der Waals surface area contributed by atoms with E-state index in [0.717, 1.165) is 47.3 Å². The molecule has 1 fully saturated rings. The minimum absolute atomic E-state index is 0.0457. The van der Waals surface area contributed by atoms with Crippen molar-refractivity contribution in [2.75, 3.05) is 18.0 Å². The average Bonchev–Trinajstić information content (AvgIpc) is 3.43. The Morgan fingerprint density at radius 3 is 2.36 bits per heavy atom. The number of piperidine rings is 1. The van der Waals surface area contributed by atoms with Gasteiger partial charge in [-0.25, -0.2) is 9.67 Å². The fraction of sp³-hybridized carbons (Fsp3) is 0.385. The first-order chi connectivity index (χ1) is 16.1. The van der Waals surface area contributed by atoms with Crippen molar-refractivity contribution in [2.24, 2.45) is 0 Å². The Morgan fingerprint density at radius 1 is 0.970 bits per heavy atom. The molecule has 0 radical (unpaired) electrons. The molecule has 4 aromatic rings. The predicted molar refractivity (Wildman–Crippen MR) is 130 cm³/mol. The fourth-order valence-electron chi connectivity index (χ4n) is 4.66. The van der Waals surface area contributed by atoms with Crippen LogP contribution in [0.15, 0.2) is 48.8 Å². The lowest BCUT2D eigenvalue weighted by Gasteiger charge is -2.28. The summed E-state index contributed by atoms with van der Waals surface area (Å²) in [6, 6.07) is 12.8. The number of nitrogens with zero attached hydrogens (tertiary/aromatic N) is 6. The second kappa shape index (κ2) is 9.17. The minimum atomic E-state index is 0.0457. The third-order valence-electron chi connectivity index (χ3n) is 6.72. The molecule has 170 valence electrons. The summed E-state index contributed by atoms with van der Waals surface area (Å²) in [6.45, 7) is 8.53. The quantitative estimate of drug-likeness (QED) is 0.462. The number of aromatic amines is 1. The van der Waals surface area contributed by atoms with Crippen LogP contribution >= 0.6 is 0 Å². The highest BCUT2D eigenvalue weighted by Gasteiger charge is 2.20. The van der Waals surface area contributed by atoms with Crippen molar-refractivity contribution in [3.05, 3.63) is 77.1 Å². The van der Waals surface area contributed by atoms with E-state index in [1.165, 1.54) is 30.5 Å². The van der Waals surface area contributed by atoms with Gasteiger partial charge in [0, 0.05) is 54.4 Å². The van der Waals surface area contributed by atoms with E-state index < -0.39 is 0 Å². The Bertz CT molecular complexity index is 1180. The number of H-pyrrole nitrogens is 1. The van der Waals surface area contributed by atoms with Crippen molar-refractivity contribution >= 4 is 5.69 Å². The number of nitrogens with one attached hydrogen (secondary N) is 1. The molecule has 0 amide bonds. The van der Waals surface area contributed by atoms with Gasteiger partial charge >= 0.3 is 0 Å². The maximum absolute atomic E-state index is 5.01. The van der Waals surface area contributed by atoms with E-state index in [-0.39, 0.29) is 6.04 Å². The standard InChI is InChI=1S/C26H31N7/c1-18-24(19(2)30-29-18)17-25-28-26(31-33(25)20(3)21-11-13-27-14-12-21)22-7-9-23(10-8-22)32-15-5-4-6-16-32/h7-14,20H,4-6,15-17H2,1-3H3,(H,29,30). The molecule has 0 spiro atoms. The first-order valence-corrected chi connectivity index (χ1v) is 11.8. The van der Waals surface area contributed by atoms with Crippen LogP contribution in [0.5, 0.6) is 0 Å². The topological polar surface area (TPSA) is 75.5 Å². The van der Waals surface area contributed by atoms with Crippen LogP contribution in [0, 0.1) is 13.8 Å². The number of hydrogen-bond acceptors (Lipinski definition) is 5. The van der Waals surface area contributed by atoms with Gasteiger partial charge in [-0.15, -0.1) is 0 Å². The van der Waals surface area contributed by atoms with Gasteiger partial charge in [-0.2, -0.15) is 10.2 Å². The summed E-state index contributed by atoms with van der Waals surface area (Å²) in [4.78, 5) is 11.6. The zero-order chi connectivity index (χ0) is 22.8. The predicted octanol–water partition coefficient (Wildman–Crippen LogP) is 4.87. The zero-order valence-corrected chi connectivity index (χ0v) is 19.6. The normalized spacial score (nSPS) is 15.1. The van der Waals surface area contributed by atoms with Crippen molar-refractivity contribution in [2.45, 2.75) is 52.5 Å². The molecule has 3 aromatic heterocycles. The summed E-state index contributed by atoms with van der Waals surface area (Å²) in [5.41, 5.74) is 6.74. The molecular formula is C26H31N7. The van der Waals surface area contributed by atoms with Gasteiger partial charge in [0.2, 0.25) is 0 Å². The van der Waals surface area contributed by atoms with Gasteiger partial charge < -0.3 is 4.90 Å². The molecule has 7 heteroatoms. The number of pyridine rings is 1. The Hall–Kier alpha value is -3.48. The highest BCUT2D eigenvalue weighted by molar-refractivity contribution is 5.60. The average molecular weight is 442 g/mol. The second-order valence-electron chi connectivity index (χ2n) is 8.94. The van der Waals surface area contributed by atoms with Crippen LogP contribution in [0.2, 0.25) is 0 Å². The molecule has 0 aliphatic carbocycles. The highest BCUT2D eigenvalue weighted by Crippen LogP contribution is 2.27. The molecule has 5 rings (SSSR count). The van der Waals surface area contributed by atoms with Crippen LogP contribution in [0.25, 0.3) is 11.4 Å². The number of anilines is 1. The Balaban J connectivity index is 1.49. The van der Waals surface area contributed by atoms with E-state index in [4.69, 9.17) is 10.1 Å². The molecule has 1 saturated heterocycles. The van der Waals surface area contributed by atoms with Gasteiger partial charge in [0.15, 0.2) is 5.82 Å². The molecule has 0 bridgehead atoms. The van der Waals surface area contributed by atoms with Crippen molar-refractivity contribution in [3.63, 3.8) is 0 Å². The number of aryl methyl sites for hydroxylation is 2. The van der Waals surface area contributed by atoms with Crippen molar-refractivity contribution in [1.29, 1.82) is 0 Å². The highest BCUT2D eigenvalue weighted by atomic mass is 15.4. The molecule has 0 saturated carbocycles. The summed E-state index contributed by atoms with van der Waals surface area (Å²) < 4.78 is 2.05. The lowest BCUT2D eigenvalue weighted by Crippen LogP contribution is -2.29. The summed E-state index contributed by atoms with van der Waals surface area (Å²) in [7, 11) is 0. The molecule has 33 heavy (non-hydrogen) atoms. The lowest BCUT2D eigenvalue weighted by molar-refractivity contribution is 0.539. The Kier molecular flexibility index (Phi) is 5.94. The van der Waals surface area contributed by atoms with Crippen LogP contribution < -0.4 is 4.90 Å². The lowest BCUT2D eigenvalue weighted by atomic mass is 10.1. The van der Waals surface area contributed by atoms with Crippen LogP contribution in [0.1, 0.15) is 60.6 Å². The van der Waals surface area contributed by atoms with Crippen LogP contribution in [0.3, 0.4) is 0 Å². The van der Waals surface area contributed by atoms with Gasteiger partial charge in [-0.3, -0.25) is 10.1 Å².